The lowest BCUT2D eigenvalue weighted by Gasteiger charge is -2.12. The maximum atomic E-state index is 4.67. The highest BCUT2D eigenvalue weighted by molar-refractivity contribution is 5.75. The molecule has 1 aliphatic rings. The molecule has 1 N–H and O–H groups in total. The van der Waals surface area contributed by atoms with Crippen LogP contribution >= 0.6 is 0 Å². The third-order valence-corrected chi connectivity index (χ3v) is 3.87. The molecular formula is C15H21N3. The summed E-state index contributed by atoms with van der Waals surface area (Å²) in [6, 6.07) is 6.53. The van der Waals surface area contributed by atoms with Gasteiger partial charge in [0.2, 0.25) is 0 Å². The fourth-order valence-corrected chi connectivity index (χ4v) is 2.72. The molecular weight excluding hydrogens is 222 g/mol. The van der Waals surface area contributed by atoms with Crippen LogP contribution in [-0.2, 0) is 12.8 Å². The highest BCUT2D eigenvalue weighted by atomic mass is 15.1. The van der Waals surface area contributed by atoms with E-state index in [-0.39, 0.29) is 0 Å². The Labute approximate surface area is 108 Å². The van der Waals surface area contributed by atoms with Crippen LogP contribution in [0, 0.1) is 0 Å². The second-order valence-electron chi connectivity index (χ2n) is 5.19. The van der Waals surface area contributed by atoms with Gasteiger partial charge < -0.3 is 9.88 Å². The number of hydrogen-bond donors (Lipinski definition) is 1. The molecule has 3 rings (SSSR count). The van der Waals surface area contributed by atoms with Crippen molar-refractivity contribution in [3.63, 3.8) is 0 Å². The van der Waals surface area contributed by atoms with E-state index in [0.717, 1.165) is 30.7 Å². The van der Waals surface area contributed by atoms with Crippen molar-refractivity contribution in [2.24, 2.45) is 0 Å². The number of rotatable bonds is 4. The molecule has 18 heavy (non-hydrogen) atoms. The van der Waals surface area contributed by atoms with E-state index >= 15 is 0 Å². The number of likely N-dealkylation sites (tertiary alicyclic amines) is 1. The molecule has 0 spiro atoms. The van der Waals surface area contributed by atoms with Crippen molar-refractivity contribution in [3.05, 3.63) is 29.6 Å². The maximum Gasteiger partial charge on any atom is 0.108 e. The van der Waals surface area contributed by atoms with Gasteiger partial charge in [0, 0.05) is 13.0 Å². The van der Waals surface area contributed by atoms with E-state index in [1.807, 2.05) is 0 Å². The minimum atomic E-state index is 1.04. The molecule has 1 aliphatic heterocycles. The topological polar surface area (TPSA) is 31.9 Å². The molecule has 3 nitrogen and oxygen atoms in total. The van der Waals surface area contributed by atoms with Crippen LogP contribution in [0.5, 0.6) is 0 Å². The number of benzene rings is 1. The average molecular weight is 243 g/mol. The molecule has 0 bridgehead atoms. The number of hydrogen-bond acceptors (Lipinski definition) is 2. The number of aromatic nitrogens is 2. The van der Waals surface area contributed by atoms with E-state index in [2.05, 4.69) is 40.0 Å². The van der Waals surface area contributed by atoms with Crippen LogP contribution < -0.4 is 0 Å². The van der Waals surface area contributed by atoms with E-state index in [9.17, 15) is 0 Å². The second kappa shape index (κ2) is 5.11. The fourth-order valence-electron chi connectivity index (χ4n) is 2.72. The summed E-state index contributed by atoms with van der Waals surface area (Å²) in [4.78, 5) is 10.7. The zero-order valence-corrected chi connectivity index (χ0v) is 11.1. The van der Waals surface area contributed by atoms with Crippen molar-refractivity contribution >= 4 is 11.0 Å². The Morgan fingerprint density at radius 2 is 2.11 bits per heavy atom. The molecule has 2 aromatic rings. The molecule has 1 aromatic heterocycles. The first-order valence-corrected chi connectivity index (χ1v) is 7.05. The molecule has 0 amide bonds. The van der Waals surface area contributed by atoms with Gasteiger partial charge in [0.25, 0.3) is 0 Å². The quantitative estimate of drug-likeness (QED) is 0.895. The van der Waals surface area contributed by atoms with Crippen LogP contribution in [0.2, 0.25) is 0 Å². The molecule has 2 heterocycles. The maximum absolute atomic E-state index is 4.67. The summed E-state index contributed by atoms with van der Waals surface area (Å²) >= 11 is 0. The van der Waals surface area contributed by atoms with Crippen molar-refractivity contribution in [2.75, 3.05) is 19.6 Å². The summed E-state index contributed by atoms with van der Waals surface area (Å²) < 4.78 is 0. The van der Waals surface area contributed by atoms with Gasteiger partial charge in [-0.1, -0.05) is 13.0 Å². The lowest BCUT2D eigenvalue weighted by atomic mass is 10.1. The van der Waals surface area contributed by atoms with E-state index in [1.165, 1.54) is 37.0 Å². The van der Waals surface area contributed by atoms with Gasteiger partial charge in [0.15, 0.2) is 0 Å². The van der Waals surface area contributed by atoms with Crippen molar-refractivity contribution < 1.29 is 0 Å². The third-order valence-electron chi connectivity index (χ3n) is 3.87. The molecule has 1 fully saturated rings. The molecule has 0 unspecified atom stereocenters. The third kappa shape index (κ3) is 2.41. The molecule has 96 valence electrons. The predicted molar refractivity (Wildman–Crippen MR) is 74.8 cm³/mol. The zero-order valence-electron chi connectivity index (χ0n) is 11.1. The van der Waals surface area contributed by atoms with Gasteiger partial charge in [0.1, 0.15) is 5.82 Å². The minimum absolute atomic E-state index is 1.04. The Morgan fingerprint density at radius 1 is 1.28 bits per heavy atom. The molecule has 1 aromatic carbocycles. The first kappa shape index (κ1) is 11.7. The monoisotopic (exact) mass is 243 g/mol. The van der Waals surface area contributed by atoms with Crippen LogP contribution in [0.1, 0.15) is 31.2 Å². The van der Waals surface area contributed by atoms with E-state index in [0.29, 0.717) is 0 Å². The highest BCUT2D eigenvalue weighted by Gasteiger charge is 2.12. The lowest BCUT2D eigenvalue weighted by Crippen LogP contribution is -2.22. The fraction of sp³-hybridized carbons (Fsp3) is 0.533. The van der Waals surface area contributed by atoms with Crippen molar-refractivity contribution in [3.8, 4) is 0 Å². The van der Waals surface area contributed by atoms with Gasteiger partial charge in [-0.15, -0.1) is 0 Å². The van der Waals surface area contributed by atoms with Crippen LogP contribution in [-0.4, -0.2) is 34.5 Å². The summed E-state index contributed by atoms with van der Waals surface area (Å²) in [6.07, 6.45) is 4.84. The average Bonchev–Trinajstić information content (AvgIpc) is 3.04. The molecule has 3 heteroatoms. The summed E-state index contributed by atoms with van der Waals surface area (Å²) in [7, 11) is 0. The number of fused-ring (bicyclic) bond motifs is 1. The Kier molecular flexibility index (Phi) is 3.33. The molecule has 0 atom stereocenters. The zero-order chi connectivity index (χ0) is 12.4. The largest absolute Gasteiger partial charge is 0.342 e. The standard InChI is InChI=1S/C15H21N3/c1-2-12-5-6-13-14(11-12)17-15(16-13)7-10-18-8-3-4-9-18/h5-6,11H,2-4,7-10H2,1H3,(H,16,17). The van der Waals surface area contributed by atoms with Gasteiger partial charge in [-0.2, -0.15) is 0 Å². The van der Waals surface area contributed by atoms with Crippen LogP contribution in [0.4, 0.5) is 0 Å². The number of nitrogens with zero attached hydrogens (tertiary/aromatic N) is 2. The summed E-state index contributed by atoms with van der Waals surface area (Å²) in [5, 5.41) is 0. The number of aryl methyl sites for hydroxylation is 1. The lowest BCUT2D eigenvalue weighted by molar-refractivity contribution is 0.341. The molecule has 0 aliphatic carbocycles. The Balaban J connectivity index is 1.72. The molecule has 1 saturated heterocycles. The van der Waals surface area contributed by atoms with Gasteiger partial charge in [-0.25, -0.2) is 4.98 Å². The number of nitrogens with one attached hydrogen (secondary N) is 1. The normalized spacial score (nSPS) is 16.7. The first-order valence-electron chi connectivity index (χ1n) is 7.05. The molecule has 0 radical (unpaired) electrons. The number of aromatic amines is 1. The smallest absolute Gasteiger partial charge is 0.108 e. The summed E-state index contributed by atoms with van der Waals surface area (Å²) in [5.74, 6) is 1.13. The first-order chi connectivity index (χ1) is 8.85. The van der Waals surface area contributed by atoms with Gasteiger partial charge in [-0.05, 0) is 50.0 Å². The van der Waals surface area contributed by atoms with E-state index in [1.54, 1.807) is 0 Å². The minimum Gasteiger partial charge on any atom is -0.342 e. The number of H-pyrrole nitrogens is 1. The number of imidazole rings is 1. The van der Waals surface area contributed by atoms with Crippen LogP contribution in [0.15, 0.2) is 18.2 Å². The van der Waals surface area contributed by atoms with Crippen LogP contribution in [0.25, 0.3) is 11.0 Å². The Hall–Kier alpha value is -1.35. The van der Waals surface area contributed by atoms with Crippen molar-refractivity contribution in [1.29, 1.82) is 0 Å². The van der Waals surface area contributed by atoms with Crippen molar-refractivity contribution in [2.45, 2.75) is 32.6 Å². The Morgan fingerprint density at radius 3 is 2.89 bits per heavy atom. The predicted octanol–water partition coefficient (Wildman–Crippen LogP) is 2.76. The second-order valence-corrected chi connectivity index (χ2v) is 5.19. The van der Waals surface area contributed by atoms with E-state index < -0.39 is 0 Å². The highest BCUT2D eigenvalue weighted by Crippen LogP contribution is 2.15. The van der Waals surface area contributed by atoms with Gasteiger partial charge >= 0.3 is 0 Å². The SMILES string of the molecule is CCc1ccc2nc(CCN3CCCC3)[nH]c2c1. The van der Waals surface area contributed by atoms with Crippen molar-refractivity contribution in [1.82, 2.24) is 14.9 Å². The Bertz CT molecular complexity index is 524. The van der Waals surface area contributed by atoms with Gasteiger partial charge in [-0.3, -0.25) is 0 Å². The van der Waals surface area contributed by atoms with Crippen LogP contribution in [0.3, 0.4) is 0 Å². The van der Waals surface area contributed by atoms with E-state index in [4.69, 9.17) is 0 Å². The van der Waals surface area contributed by atoms with Gasteiger partial charge in [0.05, 0.1) is 11.0 Å². The molecule has 0 saturated carbocycles. The summed E-state index contributed by atoms with van der Waals surface area (Å²) in [6.45, 7) is 5.85. The summed E-state index contributed by atoms with van der Waals surface area (Å²) in [5.41, 5.74) is 3.66.